The van der Waals surface area contributed by atoms with Crippen molar-refractivity contribution in [2.75, 3.05) is 24.5 Å². The average molecular weight is 315 g/mol. The van der Waals surface area contributed by atoms with Crippen LogP contribution in [0.15, 0.2) is 24.3 Å². The first-order chi connectivity index (χ1) is 11.0. The lowest BCUT2D eigenvalue weighted by Crippen LogP contribution is -2.49. The number of urea groups is 1. The Labute approximate surface area is 137 Å². The van der Waals surface area contributed by atoms with E-state index in [9.17, 15) is 9.59 Å². The van der Waals surface area contributed by atoms with Gasteiger partial charge in [-0.05, 0) is 63.4 Å². The fraction of sp³-hybridized carbons (Fsp3) is 0.556. The molecule has 1 aromatic rings. The highest BCUT2D eigenvalue weighted by Crippen LogP contribution is 2.30. The number of likely N-dealkylation sites (tertiary alicyclic amines) is 1. The van der Waals surface area contributed by atoms with Crippen LogP contribution >= 0.6 is 0 Å². The molecule has 0 aliphatic carbocycles. The van der Waals surface area contributed by atoms with E-state index < -0.39 is 0 Å². The third kappa shape index (κ3) is 3.55. The van der Waals surface area contributed by atoms with Gasteiger partial charge in [0.25, 0.3) is 0 Å². The van der Waals surface area contributed by atoms with E-state index in [0.29, 0.717) is 24.9 Å². The summed E-state index contributed by atoms with van der Waals surface area (Å²) in [6.45, 7) is 7.27. The molecule has 2 aliphatic rings. The smallest absolute Gasteiger partial charge is 0.301 e. The molecule has 0 radical (unpaired) electrons. The fourth-order valence-electron chi connectivity index (χ4n) is 3.49. The molecule has 0 unspecified atom stereocenters. The van der Waals surface area contributed by atoms with Crippen LogP contribution in [-0.4, -0.2) is 42.5 Å². The second-order valence-corrected chi connectivity index (χ2v) is 6.75. The summed E-state index contributed by atoms with van der Waals surface area (Å²) in [6, 6.07) is 8.57. The quantitative estimate of drug-likeness (QED) is 0.933. The molecule has 5 heteroatoms. The molecule has 2 fully saturated rings. The van der Waals surface area contributed by atoms with E-state index in [0.717, 1.165) is 18.8 Å². The van der Waals surface area contributed by atoms with Crippen molar-refractivity contribution >= 4 is 17.6 Å². The minimum absolute atomic E-state index is 0.195. The van der Waals surface area contributed by atoms with E-state index in [1.165, 1.54) is 18.4 Å². The van der Waals surface area contributed by atoms with Crippen molar-refractivity contribution in [2.45, 2.75) is 45.1 Å². The zero-order valence-electron chi connectivity index (χ0n) is 13.9. The molecule has 2 heterocycles. The van der Waals surface area contributed by atoms with E-state index in [4.69, 9.17) is 0 Å². The van der Waals surface area contributed by atoms with Gasteiger partial charge < -0.3 is 4.90 Å². The largest absolute Gasteiger partial charge is 0.328 e. The monoisotopic (exact) mass is 315 g/mol. The number of nitrogens with one attached hydrogen (secondary N) is 1. The Bertz CT molecular complexity index is 574. The Morgan fingerprint density at radius 1 is 1.04 bits per heavy atom. The van der Waals surface area contributed by atoms with E-state index >= 15 is 0 Å². The Kier molecular flexibility index (Phi) is 4.66. The number of rotatable bonds is 3. The van der Waals surface area contributed by atoms with Crippen LogP contribution in [0.5, 0.6) is 0 Å². The number of imide groups is 1. The molecular weight excluding hydrogens is 290 g/mol. The van der Waals surface area contributed by atoms with Gasteiger partial charge in [0.2, 0.25) is 5.91 Å². The van der Waals surface area contributed by atoms with Crippen molar-refractivity contribution in [1.29, 1.82) is 0 Å². The molecule has 2 aliphatic heterocycles. The second-order valence-electron chi connectivity index (χ2n) is 6.75. The number of hydrogen-bond acceptors (Lipinski definition) is 3. The zero-order chi connectivity index (χ0) is 16.4. The summed E-state index contributed by atoms with van der Waals surface area (Å²) in [4.78, 5) is 27.3. The lowest BCUT2D eigenvalue weighted by atomic mass is 9.89. The summed E-state index contributed by atoms with van der Waals surface area (Å²) >= 11 is 0. The highest BCUT2D eigenvalue weighted by molar-refractivity contribution is 6.05. The number of nitrogens with zero attached hydrogens (tertiary/aromatic N) is 2. The normalized spacial score (nSPS) is 20.9. The average Bonchev–Trinajstić information content (AvgIpc) is 2.55. The molecule has 0 aromatic heterocycles. The van der Waals surface area contributed by atoms with Gasteiger partial charge in [-0.25, -0.2) is 4.79 Å². The predicted molar refractivity (Wildman–Crippen MR) is 90.6 cm³/mol. The van der Waals surface area contributed by atoms with Gasteiger partial charge in [-0.3, -0.25) is 15.0 Å². The van der Waals surface area contributed by atoms with Gasteiger partial charge >= 0.3 is 6.03 Å². The molecule has 0 atom stereocenters. The van der Waals surface area contributed by atoms with Gasteiger partial charge in [0, 0.05) is 24.7 Å². The molecule has 0 bridgehead atoms. The summed E-state index contributed by atoms with van der Waals surface area (Å²) in [6.07, 6.45) is 2.74. The third-order valence-electron chi connectivity index (χ3n) is 4.99. The number of piperidine rings is 1. The van der Waals surface area contributed by atoms with Gasteiger partial charge in [0.15, 0.2) is 0 Å². The Hall–Kier alpha value is -1.88. The SMILES string of the molecule is CC(C)N1CCC(c2ccc(N3CCC(=O)NC3=O)cc2)CC1. The molecule has 23 heavy (non-hydrogen) atoms. The summed E-state index contributed by atoms with van der Waals surface area (Å²) in [5.41, 5.74) is 2.21. The Morgan fingerprint density at radius 3 is 2.26 bits per heavy atom. The number of carbonyl (C=O) groups is 2. The van der Waals surface area contributed by atoms with Crippen molar-refractivity contribution in [3.8, 4) is 0 Å². The number of amides is 3. The minimum atomic E-state index is -0.320. The molecule has 5 nitrogen and oxygen atoms in total. The first-order valence-corrected chi connectivity index (χ1v) is 8.50. The van der Waals surface area contributed by atoms with Crippen LogP contribution in [0.4, 0.5) is 10.5 Å². The Balaban J connectivity index is 1.64. The van der Waals surface area contributed by atoms with Crippen LogP contribution in [0.1, 0.15) is 44.6 Å². The highest BCUT2D eigenvalue weighted by atomic mass is 16.2. The molecule has 2 saturated heterocycles. The lowest BCUT2D eigenvalue weighted by Gasteiger charge is -2.35. The third-order valence-corrected chi connectivity index (χ3v) is 4.99. The first-order valence-electron chi connectivity index (χ1n) is 8.50. The van der Waals surface area contributed by atoms with Crippen LogP contribution in [0, 0.1) is 0 Å². The van der Waals surface area contributed by atoms with Crippen LogP contribution in [0.3, 0.4) is 0 Å². The van der Waals surface area contributed by atoms with E-state index in [-0.39, 0.29) is 11.9 Å². The van der Waals surface area contributed by atoms with E-state index in [1.54, 1.807) is 4.90 Å². The molecule has 0 spiro atoms. The minimum Gasteiger partial charge on any atom is -0.301 e. The van der Waals surface area contributed by atoms with Crippen LogP contribution < -0.4 is 10.2 Å². The van der Waals surface area contributed by atoms with Crippen molar-refractivity contribution in [3.05, 3.63) is 29.8 Å². The van der Waals surface area contributed by atoms with Crippen LogP contribution in [0.2, 0.25) is 0 Å². The summed E-state index contributed by atoms with van der Waals surface area (Å²) in [7, 11) is 0. The molecule has 1 aromatic carbocycles. The highest BCUT2D eigenvalue weighted by Gasteiger charge is 2.25. The number of hydrogen-bond donors (Lipinski definition) is 1. The maximum Gasteiger partial charge on any atom is 0.328 e. The maximum atomic E-state index is 11.9. The number of carbonyl (C=O) groups excluding carboxylic acids is 2. The summed E-state index contributed by atoms with van der Waals surface area (Å²) < 4.78 is 0. The van der Waals surface area contributed by atoms with Crippen molar-refractivity contribution < 1.29 is 9.59 Å². The topological polar surface area (TPSA) is 52.6 Å². The second kappa shape index (κ2) is 6.71. The van der Waals surface area contributed by atoms with Gasteiger partial charge in [-0.1, -0.05) is 12.1 Å². The van der Waals surface area contributed by atoms with E-state index in [1.807, 2.05) is 12.1 Å². The molecule has 3 amide bonds. The van der Waals surface area contributed by atoms with Crippen LogP contribution in [-0.2, 0) is 4.79 Å². The molecule has 124 valence electrons. The van der Waals surface area contributed by atoms with Gasteiger partial charge in [-0.15, -0.1) is 0 Å². The molecule has 3 rings (SSSR count). The van der Waals surface area contributed by atoms with Gasteiger partial charge in [0.1, 0.15) is 0 Å². The van der Waals surface area contributed by atoms with Crippen LogP contribution in [0.25, 0.3) is 0 Å². The van der Waals surface area contributed by atoms with Crippen molar-refractivity contribution in [1.82, 2.24) is 10.2 Å². The Morgan fingerprint density at radius 2 is 1.70 bits per heavy atom. The standard InChI is InChI=1S/C18H25N3O2/c1-13(2)20-10-7-15(8-11-20)14-3-5-16(6-4-14)21-12-9-17(22)19-18(21)23/h3-6,13,15H,7-12H2,1-2H3,(H,19,22,23). The van der Waals surface area contributed by atoms with Crippen molar-refractivity contribution in [3.63, 3.8) is 0 Å². The number of anilines is 1. The summed E-state index contributed by atoms with van der Waals surface area (Å²) in [5.74, 6) is 0.413. The zero-order valence-corrected chi connectivity index (χ0v) is 13.9. The van der Waals surface area contributed by atoms with Crippen molar-refractivity contribution in [2.24, 2.45) is 0 Å². The van der Waals surface area contributed by atoms with Gasteiger partial charge in [0.05, 0.1) is 0 Å². The predicted octanol–water partition coefficient (Wildman–Crippen LogP) is 2.72. The molecule has 1 N–H and O–H groups in total. The number of benzene rings is 1. The maximum absolute atomic E-state index is 11.9. The van der Waals surface area contributed by atoms with E-state index in [2.05, 4.69) is 36.2 Å². The molecular formula is C18H25N3O2. The first kappa shape index (κ1) is 16.0. The summed E-state index contributed by atoms with van der Waals surface area (Å²) in [5, 5.41) is 2.36. The fourth-order valence-corrected chi connectivity index (χ4v) is 3.49. The van der Waals surface area contributed by atoms with Gasteiger partial charge in [-0.2, -0.15) is 0 Å². The molecule has 0 saturated carbocycles. The lowest BCUT2D eigenvalue weighted by molar-refractivity contribution is -0.120.